The highest BCUT2D eigenvalue weighted by atomic mass is 32.1. The number of thiophene rings is 1. The Morgan fingerprint density at radius 1 is 1.07 bits per heavy atom. The van der Waals surface area contributed by atoms with Gasteiger partial charge in [0, 0.05) is 18.0 Å². The number of furan rings is 1. The highest BCUT2D eigenvalue weighted by Crippen LogP contribution is 2.17. The average molecular weight is 426 g/mol. The molecule has 3 aromatic rings. The minimum Gasteiger partial charge on any atom is -0.468 e. The van der Waals surface area contributed by atoms with Gasteiger partial charge in [0.05, 0.1) is 30.6 Å². The third-order valence-corrected chi connectivity index (χ3v) is 5.26. The van der Waals surface area contributed by atoms with Gasteiger partial charge in [-0.1, -0.05) is 32.0 Å². The lowest BCUT2D eigenvalue weighted by atomic mass is 10.1. The number of nitrogens with one attached hydrogen (secondary N) is 2. The van der Waals surface area contributed by atoms with Gasteiger partial charge in [-0.25, -0.2) is 0 Å². The number of carbonyl (C=O) groups is 2. The van der Waals surface area contributed by atoms with E-state index in [0.29, 0.717) is 36.8 Å². The van der Waals surface area contributed by atoms with E-state index < -0.39 is 0 Å². The van der Waals surface area contributed by atoms with Crippen LogP contribution in [-0.2, 0) is 17.9 Å². The summed E-state index contributed by atoms with van der Waals surface area (Å²) in [5.74, 6) is 0.781. The summed E-state index contributed by atoms with van der Waals surface area (Å²) in [5.41, 5.74) is 0.972. The van der Waals surface area contributed by atoms with Crippen molar-refractivity contribution >= 4 is 28.8 Å². The molecule has 7 heteroatoms. The normalized spacial score (nSPS) is 11.1. The number of hydrogen-bond donors (Lipinski definition) is 2. The maximum Gasteiger partial charge on any atom is 0.253 e. The topological polar surface area (TPSA) is 74.6 Å². The molecule has 2 heterocycles. The Morgan fingerprint density at radius 2 is 1.90 bits per heavy atom. The van der Waals surface area contributed by atoms with E-state index in [9.17, 15) is 9.59 Å². The molecule has 2 amide bonds. The second-order valence-corrected chi connectivity index (χ2v) is 8.53. The first-order valence-electron chi connectivity index (χ1n) is 9.95. The van der Waals surface area contributed by atoms with Crippen molar-refractivity contribution in [1.82, 2.24) is 10.2 Å². The first kappa shape index (κ1) is 21.8. The van der Waals surface area contributed by atoms with Crippen LogP contribution in [0.25, 0.3) is 0 Å². The molecule has 0 bridgehead atoms. The van der Waals surface area contributed by atoms with Gasteiger partial charge in [-0.15, -0.1) is 11.3 Å². The fourth-order valence-corrected chi connectivity index (χ4v) is 3.73. The average Bonchev–Trinajstić information content (AvgIpc) is 3.40. The van der Waals surface area contributed by atoms with Gasteiger partial charge in [0.25, 0.3) is 5.91 Å². The molecule has 3 rings (SSSR count). The van der Waals surface area contributed by atoms with Gasteiger partial charge in [-0.05, 0) is 41.6 Å². The molecule has 0 saturated heterocycles. The van der Waals surface area contributed by atoms with Crippen LogP contribution in [0.4, 0.5) is 5.69 Å². The van der Waals surface area contributed by atoms with Crippen molar-refractivity contribution in [3.8, 4) is 0 Å². The van der Waals surface area contributed by atoms with Crippen molar-refractivity contribution in [2.75, 3.05) is 18.4 Å². The van der Waals surface area contributed by atoms with Gasteiger partial charge in [-0.2, -0.15) is 0 Å². The number of para-hydroxylation sites is 1. The van der Waals surface area contributed by atoms with Crippen LogP contribution in [-0.4, -0.2) is 29.8 Å². The van der Waals surface area contributed by atoms with E-state index in [1.54, 1.807) is 41.9 Å². The number of hydrogen-bond acceptors (Lipinski definition) is 5. The zero-order chi connectivity index (χ0) is 21.3. The number of benzene rings is 1. The van der Waals surface area contributed by atoms with E-state index in [1.807, 2.05) is 48.4 Å². The molecule has 0 aliphatic carbocycles. The molecule has 30 heavy (non-hydrogen) atoms. The maximum absolute atomic E-state index is 12.8. The molecule has 2 N–H and O–H groups in total. The molecule has 0 aliphatic heterocycles. The van der Waals surface area contributed by atoms with Gasteiger partial charge in [0.1, 0.15) is 5.76 Å². The SMILES string of the molecule is CC(C)CNC(=O)c1ccccc1NC(=O)CN(Cc1ccco1)Cc1cccs1. The molecule has 1 aromatic carbocycles. The van der Waals surface area contributed by atoms with Gasteiger partial charge in [0.15, 0.2) is 0 Å². The second kappa shape index (κ2) is 10.8. The van der Waals surface area contributed by atoms with Gasteiger partial charge >= 0.3 is 0 Å². The Hall–Kier alpha value is -2.90. The van der Waals surface area contributed by atoms with Gasteiger partial charge < -0.3 is 15.1 Å². The first-order valence-corrected chi connectivity index (χ1v) is 10.8. The standard InChI is InChI=1S/C23H27N3O3S/c1-17(2)13-24-23(28)20-9-3-4-10-21(20)25-22(27)16-26(14-18-7-5-11-29-18)15-19-8-6-12-30-19/h3-12,17H,13-16H2,1-2H3,(H,24,28)(H,25,27). The van der Waals surface area contributed by atoms with E-state index >= 15 is 0 Å². The Labute approximate surface area is 180 Å². The molecule has 2 aromatic heterocycles. The summed E-state index contributed by atoms with van der Waals surface area (Å²) in [5, 5.41) is 7.82. The number of anilines is 1. The Bertz CT molecular complexity index is 900. The van der Waals surface area contributed by atoms with E-state index in [-0.39, 0.29) is 18.4 Å². The van der Waals surface area contributed by atoms with Crippen molar-refractivity contribution < 1.29 is 14.0 Å². The summed E-state index contributed by atoms with van der Waals surface area (Å²) < 4.78 is 5.46. The third-order valence-electron chi connectivity index (χ3n) is 4.40. The number of amides is 2. The quantitative estimate of drug-likeness (QED) is 0.506. The van der Waals surface area contributed by atoms with Crippen LogP contribution in [0.5, 0.6) is 0 Å². The minimum atomic E-state index is -0.189. The highest BCUT2D eigenvalue weighted by molar-refractivity contribution is 7.09. The predicted octanol–water partition coefficient (Wildman–Crippen LogP) is 4.37. The molecular formula is C23H27N3O3S. The van der Waals surface area contributed by atoms with Crippen LogP contribution >= 0.6 is 11.3 Å². The third kappa shape index (κ3) is 6.57. The maximum atomic E-state index is 12.8. The van der Waals surface area contributed by atoms with E-state index in [0.717, 1.165) is 5.76 Å². The van der Waals surface area contributed by atoms with Crippen molar-refractivity contribution in [1.29, 1.82) is 0 Å². The highest BCUT2D eigenvalue weighted by Gasteiger charge is 2.17. The summed E-state index contributed by atoms with van der Waals surface area (Å²) in [6.45, 7) is 6.00. The summed E-state index contributed by atoms with van der Waals surface area (Å²) >= 11 is 1.65. The van der Waals surface area contributed by atoms with Crippen molar-refractivity contribution in [3.05, 3.63) is 76.4 Å². The fourth-order valence-electron chi connectivity index (χ4n) is 2.99. The second-order valence-electron chi connectivity index (χ2n) is 7.50. The molecule has 0 unspecified atom stereocenters. The summed E-state index contributed by atoms with van der Waals surface area (Å²) in [4.78, 5) is 28.5. The number of rotatable bonds is 10. The van der Waals surface area contributed by atoms with Crippen molar-refractivity contribution in [2.24, 2.45) is 5.92 Å². The van der Waals surface area contributed by atoms with Crippen LogP contribution in [0.15, 0.2) is 64.6 Å². The molecule has 0 aliphatic rings. The molecule has 0 saturated carbocycles. The molecule has 158 valence electrons. The van der Waals surface area contributed by atoms with Crippen molar-refractivity contribution in [2.45, 2.75) is 26.9 Å². The van der Waals surface area contributed by atoms with Crippen LogP contribution in [0, 0.1) is 5.92 Å². The molecule has 6 nitrogen and oxygen atoms in total. The first-order chi connectivity index (χ1) is 14.5. The molecule has 0 radical (unpaired) electrons. The van der Waals surface area contributed by atoms with Crippen LogP contribution in [0.1, 0.15) is 34.8 Å². The minimum absolute atomic E-state index is 0.178. The monoisotopic (exact) mass is 425 g/mol. The largest absolute Gasteiger partial charge is 0.468 e. The van der Waals surface area contributed by atoms with Crippen LogP contribution < -0.4 is 10.6 Å². The van der Waals surface area contributed by atoms with E-state index in [4.69, 9.17) is 4.42 Å². The Kier molecular flexibility index (Phi) is 7.82. The van der Waals surface area contributed by atoms with Gasteiger partial charge in [0.2, 0.25) is 5.91 Å². The van der Waals surface area contributed by atoms with E-state index in [2.05, 4.69) is 10.6 Å². The van der Waals surface area contributed by atoms with Crippen molar-refractivity contribution in [3.63, 3.8) is 0 Å². The summed E-state index contributed by atoms with van der Waals surface area (Å²) in [6, 6.07) is 14.8. The fraction of sp³-hybridized carbons (Fsp3) is 0.304. The lowest BCUT2D eigenvalue weighted by molar-refractivity contribution is -0.117. The lowest BCUT2D eigenvalue weighted by Gasteiger charge is -2.20. The lowest BCUT2D eigenvalue weighted by Crippen LogP contribution is -2.33. The molecular weight excluding hydrogens is 398 g/mol. The predicted molar refractivity (Wildman–Crippen MR) is 119 cm³/mol. The zero-order valence-electron chi connectivity index (χ0n) is 17.3. The Balaban J connectivity index is 1.67. The van der Waals surface area contributed by atoms with Crippen LogP contribution in [0.3, 0.4) is 0 Å². The molecule has 0 spiro atoms. The Morgan fingerprint density at radius 3 is 2.60 bits per heavy atom. The van der Waals surface area contributed by atoms with Gasteiger partial charge in [-0.3, -0.25) is 14.5 Å². The zero-order valence-corrected chi connectivity index (χ0v) is 18.1. The number of carbonyl (C=O) groups excluding carboxylic acids is 2. The van der Waals surface area contributed by atoms with Crippen LogP contribution in [0.2, 0.25) is 0 Å². The molecule has 0 atom stereocenters. The molecule has 0 fully saturated rings. The smallest absolute Gasteiger partial charge is 0.253 e. The summed E-state index contributed by atoms with van der Waals surface area (Å²) in [6.07, 6.45) is 1.63. The summed E-state index contributed by atoms with van der Waals surface area (Å²) in [7, 11) is 0. The van der Waals surface area contributed by atoms with E-state index in [1.165, 1.54) is 4.88 Å². The number of nitrogens with zero attached hydrogens (tertiary/aromatic N) is 1.